The molecule has 2 aromatic heterocycles. The summed E-state index contributed by atoms with van der Waals surface area (Å²) in [6.45, 7) is 6.72. The number of nitrogens with zero attached hydrogens (tertiary/aromatic N) is 3. The van der Waals surface area contributed by atoms with Crippen molar-refractivity contribution in [3.05, 3.63) is 23.9 Å². The normalized spacial score (nSPS) is 10.7. The number of aromatic amines is 1. The maximum Gasteiger partial charge on any atom is 0.180 e. The first-order chi connectivity index (χ1) is 9.24. The van der Waals surface area contributed by atoms with E-state index in [9.17, 15) is 0 Å². The van der Waals surface area contributed by atoms with E-state index in [0.717, 1.165) is 36.5 Å². The molecule has 0 amide bonds. The number of aromatic nitrogens is 4. The molecule has 5 nitrogen and oxygen atoms in total. The van der Waals surface area contributed by atoms with Gasteiger partial charge in [-0.3, -0.25) is 0 Å². The minimum Gasteiger partial charge on any atom is -0.491 e. The van der Waals surface area contributed by atoms with Crippen molar-refractivity contribution < 1.29 is 4.74 Å². The topological polar surface area (TPSA) is 63.7 Å². The van der Waals surface area contributed by atoms with Crippen LogP contribution in [-0.2, 0) is 6.42 Å². The summed E-state index contributed by atoms with van der Waals surface area (Å²) < 4.78 is 5.33. The Hall–Kier alpha value is -1.91. The summed E-state index contributed by atoms with van der Waals surface area (Å²) >= 11 is 0. The van der Waals surface area contributed by atoms with Gasteiger partial charge in [0.2, 0.25) is 0 Å². The number of nitrogens with one attached hydrogen (secondary N) is 1. The zero-order chi connectivity index (χ0) is 13.7. The Labute approximate surface area is 113 Å². The second-order valence-electron chi connectivity index (χ2n) is 4.44. The van der Waals surface area contributed by atoms with Gasteiger partial charge in [0.05, 0.1) is 19.0 Å². The summed E-state index contributed by atoms with van der Waals surface area (Å²) in [4.78, 5) is 16.5. The molecule has 5 heteroatoms. The fourth-order valence-corrected chi connectivity index (χ4v) is 1.88. The minimum atomic E-state index is 0.616. The van der Waals surface area contributed by atoms with E-state index in [0.29, 0.717) is 18.2 Å². The highest BCUT2D eigenvalue weighted by Crippen LogP contribution is 2.19. The largest absolute Gasteiger partial charge is 0.491 e. The summed E-state index contributed by atoms with van der Waals surface area (Å²) in [6, 6.07) is 0. The van der Waals surface area contributed by atoms with Gasteiger partial charge in [0.15, 0.2) is 11.6 Å². The predicted molar refractivity (Wildman–Crippen MR) is 74.1 cm³/mol. The fraction of sp³-hybridized carbons (Fsp3) is 0.500. The lowest BCUT2D eigenvalue weighted by Crippen LogP contribution is -1.96. The van der Waals surface area contributed by atoms with E-state index in [-0.39, 0.29) is 0 Å². The summed E-state index contributed by atoms with van der Waals surface area (Å²) in [5.41, 5.74) is 1.84. The molecule has 0 unspecified atom stereocenters. The number of aryl methyl sites for hydroxylation is 2. The van der Waals surface area contributed by atoms with Gasteiger partial charge >= 0.3 is 0 Å². The summed E-state index contributed by atoms with van der Waals surface area (Å²) in [7, 11) is 0. The average molecular weight is 260 g/mol. The molecule has 0 saturated heterocycles. The summed E-state index contributed by atoms with van der Waals surface area (Å²) in [5, 5.41) is 0. The molecule has 2 heterocycles. The monoisotopic (exact) mass is 260 g/mol. The molecule has 1 N–H and O–H groups in total. The Balaban J connectivity index is 2.18. The van der Waals surface area contributed by atoms with Crippen LogP contribution in [0.2, 0.25) is 0 Å². The lowest BCUT2D eigenvalue weighted by molar-refractivity contribution is 0.337. The van der Waals surface area contributed by atoms with Gasteiger partial charge in [-0.05, 0) is 20.3 Å². The molecule has 0 aliphatic carbocycles. The molecule has 0 fully saturated rings. The molecule has 2 aromatic rings. The SMILES string of the molecule is CCCCc1nc(-c2ncc(OCC)cn2)c(C)[nH]1. The van der Waals surface area contributed by atoms with E-state index in [1.807, 2.05) is 13.8 Å². The van der Waals surface area contributed by atoms with Gasteiger partial charge in [0.1, 0.15) is 11.5 Å². The average Bonchev–Trinajstić information content (AvgIpc) is 2.79. The number of hydrogen-bond acceptors (Lipinski definition) is 4. The van der Waals surface area contributed by atoms with Crippen molar-refractivity contribution in [1.29, 1.82) is 0 Å². The van der Waals surface area contributed by atoms with Gasteiger partial charge in [0.25, 0.3) is 0 Å². The highest BCUT2D eigenvalue weighted by atomic mass is 16.5. The maximum atomic E-state index is 5.33. The Morgan fingerprint density at radius 3 is 2.58 bits per heavy atom. The molecule has 0 atom stereocenters. The van der Waals surface area contributed by atoms with Crippen LogP contribution in [0.1, 0.15) is 38.2 Å². The molecular formula is C14H20N4O. The van der Waals surface area contributed by atoms with Crippen LogP contribution in [0.4, 0.5) is 0 Å². The molecule has 0 aliphatic rings. The first-order valence-corrected chi connectivity index (χ1v) is 6.75. The Kier molecular flexibility index (Phi) is 4.49. The smallest absolute Gasteiger partial charge is 0.180 e. The van der Waals surface area contributed by atoms with Crippen LogP contribution in [0.3, 0.4) is 0 Å². The maximum absolute atomic E-state index is 5.33. The first kappa shape index (κ1) is 13.5. The zero-order valence-corrected chi connectivity index (χ0v) is 11.7. The molecule has 19 heavy (non-hydrogen) atoms. The van der Waals surface area contributed by atoms with Gasteiger partial charge in [-0.2, -0.15) is 0 Å². The van der Waals surface area contributed by atoms with Crippen LogP contribution in [0, 0.1) is 6.92 Å². The number of rotatable bonds is 6. The van der Waals surface area contributed by atoms with E-state index in [4.69, 9.17) is 4.74 Å². The van der Waals surface area contributed by atoms with Gasteiger partial charge in [-0.1, -0.05) is 13.3 Å². The molecule has 0 aromatic carbocycles. The second kappa shape index (κ2) is 6.31. The quantitative estimate of drug-likeness (QED) is 0.867. The Bertz CT molecular complexity index is 519. The number of imidazole rings is 1. The number of H-pyrrole nitrogens is 1. The number of ether oxygens (including phenoxy) is 1. The van der Waals surface area contributed by atoms with Crippen LogP contribution in [-0.4, -0.2) is 26.5 Å². The minimum absolute atomic E-state index is 0.616. The highest BCUT2D eigenvalue weighted by Gasteiger charge is 2.11. The van der Waals surface area contributed by atoms with Crippen molar-refractivity contribution in [2.24, 2.45) is 0 Å². The third-order valence-electron chi connectivity index (χ3n) is 2.85. The van der Waals surface area contributed by atoms with Gasteiger partial charge in [0, 0.05) is 12.1 Å². The molecule has 0 radical (unpaired) electrons. The van der Waals surface area contributed by atoms with E-state index in [1.54, 1.807) is 12.4 Å². The molecule has 2 rings (SSSR count). The third kappa shape index (κ3) is 3.30. The van der Waals surface area contributed by atoms with Crippen LogP contribution in [0.25, 0.3) is 11.5 Å². The third-order valence-corrected chi connectivity index (χ3v) is 2.85. The summed E-state index contributed by atoms with van der Waals surface area (Å²) in [6.07, 6.45) is 6.64. The van der Waals surface area contributed by atoms with Crippen LogP contribution in [0.15, 0.2) is 12.4 Å². The van der Waals surface area contributed by atoms with E-state index < -0.39 is 0 Å². The Morgan fingerprint density at radius 1 is 1.21 bits per heavy atom. The van der Waals surface area contributed by atoms with Crippen molar-refractivity contribution in [2.45, 2.75) is 40.0 Å². The lowest BCUT2D eigenvalue weighted by atomic mass is 10.2. The molecule has 0 aliphatic heterocycles. The Morgan fingerprint density at radius 2 is 1.95 bits per heavy atom. The van der Waals surface area contributed by atoms with Crippen molar-refractivity contribution in [1.82, 2.24) is 19.9 Å². The van der Waals surface area contributed by atoms with Crippen LogP contribution >= 0.6 is 0 Å². The first-order valence-electron chi connectivity index (χ1n) is 6.75. The molecular weight excluding hydrogens is 240 g/mol. The second-order valence-corrected chi connectivity index (χ2v) is 4.44. The van der Waals surface area contributed by atoms with Gasteiger partial charge < -0.3 is 9.72 Å². The van der Waals surface area contributed by atoms with Crippen molar-refractivity contribution in [3.63, 3.8) is 0 Å². The number of hydrogen-bond donors (Lipinski definition) is 1. The van der Waals surface area contributed by atoms with E-state index >= 15 is 0 Å². The molecule has 0 bridgehead atoms. The lowest BCUT2D eigenvalue weighted by Gasteiger charge is -2.02. The van der Waals surface area contributed by atoms with Crippen molar-refractivity contribution >= 4 is 0 Å². The molecule has 0 spiro atoms. The van der Waals surface area contributed by atoms with Crippen molar-refractivity contribution in [3.8, 4) is 17.3 Å². The van der Waals surface area contributed by atoms with Gasteiger partial charge in [-0.25, -0.2) is 15.0 Å². The van der Waals surface area contributed by atoms with Crippen LogP contribution in [0.5, 0.6) is 5.75 Å². The van der Waals surface area contributed by atoms with Crippen LogP contribution < -0.4 is 4.74 Å². The van der Waals surface area contributed by atoms with Gasteiger partial charge in [-0.15, -0.1) is 0 Å². The molecule has 102 valence electrons. The van der Waals surface area contributed by atoms with E-state index in [2.05, 4.69) is 26.9 Å². The standard InChI is InChI=1S/C14H20N4O/c1-4-6-7-12-17-10(3)13(18-12)14-15-8-11(9-16-14)19-5-2/h8-9H,4-7H2,1-3H3,(H,17,18). The zero-order valence-electron chi connectivity index (χ0n) is 11.7. The van der Waals surface area contributed by atoms with Crippen molar-refractivity contribution in [2.75, 3.05) is 6.61 Å². The van der Waals surface area contributed by atoms with E-state index in [1.165, 1.54) is 0 Å². The predicted octanol–water partition coefficient (Wildman–Crippen LogP) is 2.92. The highest BCUT2D eigenvalue weighted by molar-refractivity contribution is 5.52. The number of unbranched alkanes of at least 4 members (excludes halogenated alkanes) is 1. The fourth-order valence-electron chi connectivity index (χ4n) is 1.88. The summed E-state index contributed by atoms with van der Waals surface area (Å²) in [5.74, 6) is 2.33. The molecule has 0 saturated carbocycles.